The number of anilines is 1. The molecule has 7 nitrogen and oxygen atoms in total. The monoisotopic (exact) mass is 396 g/mol. The Morgan fingerprint density at radius 1 is 1.07 bits per heavy atom. The predicted octanol–water partition coefficient (Wildman–Crippen LogP) is 2.79. The smallest absolute Gasteiger partial charge is 0.233 e. The molecule has 8 heteroatoms. The van der Waals surface area contributed by atoms with Crippen LogP contribution < -0.4 is 10.0 Å². The van der Waals surface area contributed by atoms with E-state index in [0.29, 0.717) is 5.69 Å². The zero-order valence-corrected chi connectivity index (χ0v) is 15.8. The Hall–Kier alpha value is -3.23. The van der Waals surface area contributed by atoms with Crippen LogP contribution in [-0.4, -0.2) is 30.7 Å². The fourth-order valence-corrected chi connectivity index (χ4v) is 3.28. The molecule has 2 aromatic carbocycles. The summed E-state index contributed by atoms with van der Waals surface area (Å²) in [5, 5.41) is 7.99. The summed E-state index contributed by atoms with van der Waals surface area (Å²) in [7, 11) is -3.61. The number of carbonyl (C=O) groups excluding carboxylic acids is 1. The third kappa shape index (κ3) is 5.90. The summed E-state index contributed by atoms with van der Waals surface area (Å²) in [6.07, 6.45) is 5.00. The molecule has 0 spiro atoms. The first-order chi connectivity index (χ1) is 13.5. The van der Waals surface area contributed by atoms with Gasteiger partial charge in [-0.2, -0.15) is 5.10 Å². The lowest BCUT2D eigenvalue weighted by atomic mass is 10.2. The molecule has 0 unspecified atom stereocenters. The van der Waals surface area contributed by atoms with Crippen molar-refractivity contribution in [1.82, 2.24) is 14.5 Å². The molecule has 1 aromatic heterocycles. The van der Waals surface area contributed by atoms with Crippen molar-refractivity contribution in [2.75, 3.05) is 11.9 Å². The topological polar surface area (TPSA) is 93.1 Å². The van der Waals surface area contributed by atoms with Crippen LogP contribution in [0.1, 0.15) is 12.0 Å². The molecule has 0 aliphatic carbocycles. The quantitative estimate of drug-likeness (QED) is 0.612. The molecule has 0 saturated heterocycles. The maximum absolute atomic E-state index is 12.1. The van der Waals surface area contributed by atoms with Crippen LogP contribution in [0.15, 0.2) is 78.5 Å². The molecule has 0 radical (unpaired) electrons. The van der Waals surface area contributed by atoms with Crippen LogP contribution in [0, 0.1) is 0 Å². The number of carbonyl (C=O) groups is 1. The van der Waals surface area contributed by atoms with Gasteiger partial charge in [0.1, 0.15) is 0 Å². The average molecular weight is 396 g/mol. The number of nitrogens with one attached hydrogen (secondary N) is 2. The highest BCUT2D eigenvalue weighted by Crippen LogP contribution is 2.14. The van der Waals surface area contributed by atoms with Gasteiger partial charge >= 0.3 is 0 Å². The number of hydrogen-bond acceptors (Lipinski definition) is 4. The Balaban J connectivity index is 1.49. The minimum absolute atomic E-state index is 0.00609. The lowest BCUT2D eigenvalue weighted by molar-refractivity contribution is -0.116. The summed E-state index contributed by atoms with van der Waals surface area (Å²) in [6.45, 7) is 0.00609. The fourth-order valence-electron chi connectivity index (χ4n) is 2.46. The maximum atomic E-state index is 12.1. The number of rotatable bonds is 8. The molecule has 2 N–H and O–H groups in total. The molecule has 1 heterocycles. The molecule has 144 valence electrons. The minimum Gasteiger partial charge on any atom is -0.326 e. The largest absolute Gasteiger partial charge is 0.326 e. The lowest BCUT2D eigenvalue weighted by Gasteiger charge is -2.08. The molecule has 0 fully saturated rings. The van der Waals surface area contributed by atoms with E-state index in [-0.39, 0.29) is 18.9 Å². The molecular weight excluding hydrogens is 376 g/mol. The van der Waals surface area contributed by atoms with Crippen molar-refractivity contribution in [1.29, 1.82) is 0 Å². The highest BCUT2D eigenvalue weighted by atomic mass is 32.2. The molecule has 1 amide bonds. The van der Waals surface area contributed by atoms with Crippen LogP contribution in [-0.2, 0) is 14.8 Å². The zero-order valence-electron chi connectivity index (χ0n) is 15.0. The highest BCUT2D eigenvalue weighted by molar-refractivity contribution is 7.92. The number of benzene rings is 2. The first-order valence-corrected chi connectivity index (χ1v) is 10.2. The van der Waals surface area contributed by atoms with Gasteiger partial charge in [-0.25, -0.2) is 17.8 Å². The molecule has 0 saturated carbocycles. The van der Waals surface area contributed by atoms with Gasteiger partial charge in [0.15, 0.2) is 0 Å². The van der Waals surface area contributed by atoms with E-state index < -0.39 is 10.0 Å². The van der Waals surface area contributed by atoms with Crippen molar-refractivity contribution in [3.8, 4) is 5.69 Å². The van der Waals surface area contributed by atoms with Gasteiger partial charge in [0.05, 0.1) is 5.69 Å². The molecule has 0 bridgehead atoms. The van der Waals surface area contributed by atoms with Gasteiger partial charge < -0.3 is 5.32 Å². The van der Waals surface area contributed by atoms with Gasteiger partial charge in [-0.3, -0.25) is 4.79 Å². The normalized spacial score (nSPS) is 11.6. The Morgan fingerprint density at radius 3 is 2.64 bits per heavy atom. The molecule has 28 heavy (non-hydrogen) atoms. The van der Waals surface area contributed by atoms with Crippen molar-refractivity contribution in [2.24, 2.45) is 0 Å². The zero-order chi connectivity index (χ0) is 19.8. The van der Waals surface area contributed by atoms with E-state index in [1.54, 1.807) is 41.3 Å². The summed E-state index contributed by atoms with van der Waals surface area (Å²) >= 11 is 0. The van der Waals surface area contributed by atoms with Crippen LogP contribution in [0.3, 0.4) is 0 Å². The first-order valence-electron chi connectivity index (χ1n) is 8.65. The van der Waals surface area contributed by atoms with Crippen LogP contribution in [0.25, 0.3) is 11.8 Å². The minimum atomic E-state index is -3.61. The number of nitrogens with zero attached hydrogens (tertiary/aromatic N) is 2. The van der Waals surface area contributed by atoms with Gasteiger partial charge in [-0.15, -0.1) is 0 Å². The number of hydrogen-bond donors (Lipinski definition) is 2. The van der Waals surface area contributed by atoms with E-state index >= 15 is 0 Å². The second-order valence-electron chi connectivity index (χ2n) is 5.95. The standard InChI is InChI=1S/C20H20N4O3S/c25-20(23-18-8-4-9-19(16-18)24-14-5-12-21-24)10-13-22-28(26,27)15-11-17-6-2-1-3-7-17/h1-9,11-12,14-16,22H,10,13H2,(H,23,25). The molecular formula is C20H20N4O3S. The SMILES string of the molecule is O=C(CCNS(=O)(=O)C=Cc1ccccc1)Nc1cccc(-n2cccn2)c1. The van der Waals surface area contributed by atoms with Crippen LogP contribution in [0.2, 0.25) is 0 Å². The highest BCUT2D eigenvalue weighted by Gasteiger charge is 2.08. The van der Waals surface area contributed by atoms with Crippen molar-refractivity contribution >= 4 is 27.7 Å². The van der Waals surface area contributed by atoms with Crippen molar-refractivity contribution in [3.63, 3.8) is 0 Å². The first kappa shape index (κ1) is 19.5. The summed E-state index contributed by atoms with van der Waals surface area (Å²) in [6, 6.07) is 18.1. The van der Waals surface area contributed by atoms with Crippen LogP contribution in [0.5, 0.6) is 0 Å². The lowest BCUT2D eigenvalue weighted by Crippen LogP contribution is -2.26. The summed E-state index contributed by atoms with van der Waals surface area (Å²) in [5.41, 5.74) is 2.21. The Kier molecular flexibility index (Phi) is 6.36. The average Bonchev–Trinajstić information content (AvgIpc) is 3.22. The summed E-state index contributed by atoms with van der Waals surface area (Å²) in [4.78, 5) is 12.1. The van der Waals surface area contributed by atoms with Crippen molar-refractivity contribution in [2.45, 2.75) is 6.42 Å². The van der Waals surface area contributed by atoms with Crippen LogP contribution in [0.4, 0.5) is 5.69 Å². The Labute approximate surface area is 163 Å². The maximum Gasteiger partial charge on any atom is 0.233 e. The Bertz CT molecular complexity index is 1050. The second kappa shape index (κ2) is 9.12. The third-order valence-corrected chi connectivity index (χ3v) is 4.89. The van der Waals surface area contributed by atoms with Gasteiger partial charge in [0, 0.05) is 36.5 Å². The summed E-state index contributed by atoms with van der Waals surface area (Å²) in [5.74, 6) is -0.285. The third-order valence-electron chi connectivity index (χ3n) is 3.79. The van der Waals surface area contributed by atoms with Crippen molar-refractivity contribution < 1.29 is 13.2 Å². The van der Waals surface area contributed by atoms with E-state index in [1.165, 1.54) is 6.08 Å². The van der Waals surface area contributed by atoms with E-state index in [2.05, 4.69) is 15.1 Å². The number of amides is 1. The van der Waals surface area contributed by atoms with Crippen LogP contribution >= 0.6 is 0 Å². The molecule has 0 atom stereocenters. The number of aromatic nitrogens is 2. The van der Waals surface area contributed by atoms with Crippen molar-refractivity contribution in [3.05, 3.63) is 84.0 Å². The predicted molar refractivity (Wildman–Crippen MR) is 109 cm³/mol. The summed E-state index contributed by atoms with van der Waals surface area (Å²) < 4.78 is 28.0. The molecule has 0 aliphatic rings. The molecule has 3 aromatic rings. The van der Waals surface area contributed by atoms with E-state index in [9.17, 15) is 13.2 Å². The van der Waals surface area contributed by atoms with Gasteiger partial charge in [0.25, 0.3) is 0 Å². The van der Waals surface area contributed by atoms with Gasteiger partial charge in [-0.1, -0.05) is 36.4 Å². The van der Waals surface area contributed by atoms with E-state index in [1.807, 2.05) is 36.4 Å². The Morgan fingerprint density at radius 2 is 1.89 bits per heavy atom. The number of sulfonamides is 1. The molecule has 0 aliphatic heterocycles. The van der Waals surface area contributed by atoms with E-state index in [4.69, 9.17) is 0 Å². The fraction of sp³-hybridized carbons (Fsp3) is 0.100. The van der Waals surface area contributed by atoms with E-state index in [0.717, 1.165) is 16.7 Å². The second-order valence-corrected chi connectivity index (χ2v) is 7.60. The van der Waals surface area contributed by atoms with Gasteiger partial charge in [-0.05, 0) is 35.9 Å². The molecule has 3 rings (SSSR count). The van der Waals surface area contributed by atoms with Gasteiger partial charge in [0.2, 0.25) is 15.9 Å².